The molecule has 5 nitrogen and oxygen atoms in total. The number of halogens is 1. The maximum atomic E-state index is 12.6. The van der Waals surface area contributed by atoms with Gasteiger partial charge in [-0.25, -0.2) is 14.6 Å². The van der Waals surface area contributed by atoms with Crippen LogP contribution in [0, 0.1) is 0 Å². The Labute approximate surface area is 179 Å². The van der Waals surface area contributed by atoms with Crippen molar-refractivity contribution in [2.24, 2.45) is 0 Å². The Bertz CT molecular complexity index is 1440. The molecule has 0 amide bonds. The van der Waals surface area contributed by atoms with Crippen molar-refractivity contribution in [2.45, 2.75) is 0 Å². The maximum Gasteiger partial charge on any atom is 0.346 e. The zero-order chi connectivity index (χ0) is 20.7. The van der Waals surface area contributed by atoms with Crippen LogP contribution < -0.4 is 10.4 Å². The van der Waals surface area contributed by atoms with E-state index >= 15 is 0 Å². The number of fused-ring (bicyclic) bond motifs is 2. The molecule has 0 atom stereocenters. The number of nitrogens with zero attached hydrogens (tertiary/aromatic N) is 1. The van der Waals surface area contributed by atoms with Gasteiger partial charge in [0.15, 0.2) is 0 Å². The van der Waals surface area contributed by atoms with Crippen LogP contribution in [-0.2, 0) is 0 Å². The second-order valence-electron chi connectivity index (χ2n) is 6.53. The van der Waals surface area contributed by atoms with E-state index in [2.05, 4.69) is 4.98 Å². The number of esters is 1. The molecule has 0 aliphatic rings. The Morgan fingerprint density at radius 3 is 2.60 bits per heavy atom. The number of carbonyl (C=O) groups is 1. The predicted molar refractivity (Wildman–Crippen MR) is 118 cm³/mol. The number of hydrogen-bond donors (Lipinski definition) is 0. The minimum Gasteiger partial charge on any atom is -0.423 e. The quantitative estimate of drug-likeness (QED) is 0.200. The minimum atomic E-state index is -0.528. The molecular formula is C23H12ClNO4S. The third-order valence-corrected chi connectivity index (χ3v) is 5.84. The molecule has 0 spiro atoms. The molecule has 0 saturated heterocycles. The first-order valence-corrected chi connectivity index (χ1v) is 10.2. The molecule has 0 radical (unpaired) electrons. The summed E-state index contributed by atoms with van der Waals surface area (Å²) in [6, 6.07) is 20.7. The molecule has 7 heteroatoms. The molecule has 30 heavy (non-hydrogen) atoms. The van der Waals surface area contributed by atoms with Crippen LogP contribution in [0.2, 0.25) is 5.02 Å². The van der Waals surface area contributed by atoms with E-state index in [0.29, 0.717) is 32.1 Å². The number of benzene rings is 3. The fraction of sp³-hybridized carbons (Fsp3) is 0. The SMILES string of the molecule is O=C(Oc1ccc2cc(-c3nc4ccccc4s3)c(=O)oc2c1)c1ccc(Cl)cc1. The predicted octanol–water partition coefficient (Wildman–Crippen LogP) is 5.94. The molecule has 5 aromatic rings. The van der Waals surface area contributed by atoms with E-state index < -0.39 is 11.6 Å². The molecule has 146 valence electrons. The van der Waals surface area contributed by atoms with Crippen molar-refractivity contribution in [1.82, 2.24) is 4.98 Å². The average Bonchev–Trinajstić information content (AvgIpc) is 3.17. The third-order valence-electron chi connectivity index (χ3n) is 4.52. The topological polar surface area (TPSA) is 69.4 Å². The van der Waals surface area contributed by atoms with Gasteiger partial charge in [0.25, 0.3) is 0 Å². The largest absolute Gasteiger partial charge is 0.423 e. The average molecular weight is 434 g/mol. The first-order chi connectivity index (χ1) is 14.6. The first-order valence-electron chi connectivity index (χ1n) is 8.98. The zero-order valence-electron chi connectivity index (χ0n) is 15.3. The van der Waals surface area contributed by atoms with Crippen molar-refractivity contribution >= 4 is 50.1 Å². The summed E-state index contributed by atoms with van der Waals surface area (Å²) in [4.78, 5) is 29.4. The molecule has 2 aromatic heterocycles. The van der Waals surface area contributed by atoms with Gasteiger partial charge in [0, 0.05) is 16.5 Å². The molecule has 0 aliphatic carbocycles. The molecule has 0 bridgehead atoms. The van der Waals surface area contributed by atoms with E-state index in [9.17, 15) is 9.59 Å². The number of para-hydroxylation sites is 1. The number of carbonyl (C=O) groups excluding carboxylic acids is 1. The lowest BCUT2D eigenvalue weighted by atomic mass is 10.2. The number of hydrogen-bond acceptors (Lipinski definition) is 6. The van der Waals surface area contributed by atoms with Crippen molar-refractivity contribution in [3.8, 4) is 16.3 Å². The molecular weight excluding hydrogens is 422 g/mol. The van der Waals surface area contributed by atoms with Crippen LogP contribution in [0.15, 0.2) is 82.0 Å². The molecule has 0 fully saturated rings. The van der Waals surface area contributed by atoms with Crippen LogP contribution >= 0.6 is 22.9 Å². The van der Waals surface area contributed by atoms with Gasteiger partial charge < -0.3 is 9.15 Å². The molecule has 3 aromatic carbocycles. The van der Waals surface area contributed by atoms with E-state index in [0.717, 1.165) is 10.2 Å². The van der Waals surface area contributed by atoms with Crippen LogP contribution in [-0.4, -0.2) is 11.0 Å². The molecule has 0 saturated carbocycles. The summed E-state index contributed by atoms with van der Waals surface area (Å²) < 4.78 is 11.9. The van der Waals surface area contributed by atoms with Crippen molar-refractivity contribution in [2.75, 3.05) is 0 Å². The lowest BCUT2D eigenvalue weighted by molar-refractivity contribution is 0.0735. The van der Waals surface area contributed by atoms with E-state index in [1.165, 1.54) is 17.4 Å². The summed E-state index contributed by atoms with van der Waals surface area (Å²) in [5.41, 5.74) is 1.43. The Kier molecular flexibility index (Phi) is 4.58. The van der Waals surface area contributed by atoms with Crippen LogP contribution in [0.5, 0.6) is 5.75 Å². The summed E-state index contributed by atoms with van der Waals surface area (Å²) in [6.45, 7) is 0. The Hall–Kier alpha value is -3.48. The van der Waals surface area contributed by atoms with Crippen molar-refractivity contribution in [3.05, 3.63) is 93.8 Å². The number of aromatic nitrogens is 1. The van der Waals surface area contributed by atoms with Crippen LogP contribution in [0.4, 0.5) is 0 Å². The minimum absolute atomic E-state index is 0.276. The lowest BCUT2D eigenvalue weighted by Gasteiger charge is -2.06. The molecule has 0 N–H and O–H groups in total. The fourth-order valence-corrected chi connectivity index (χ4v) is 4.14. The van der Waals surface area contributed by atoms with Gasteiger partial charge in [0.2, 0.25) is 0 Å². The second kappa shape index (κ2) is 7.40. The maximum absolute atomic E-state index is 12.6. The highest BCUT2D eigenvalue weighted by Crippen LogP contribution is 2.30. The number of rotatable bonds is 3. The lowest BCUT2D eigenvalue weighted by Crippen LogP contribution is -2.08. The molecule has 0 unspecified atom stereocenters. The van der Waals surface area contributed by atoms with Crippen LogP contribution in [0.25, 0.3) is 31.8 Å². The summed E-state index contributed by atoms with van der Waals surface area (Å²) in [5.74, 6) is -0.252. The van der Waals surface area contributed by atoms with Gasteiger partial charge in [0.1, 0.15) is 16.3 Å². The van der Waals surface area contributed by atoms with E-state index in [1.54, 1.807) is 42.5 Å². The van der Waals surface area contributed by atoms with Crippen LogP contribution in [0.3, 0.4) is 0 Å². The third kappa shape index (κ3) is 3.47. The van der Waals surface area contributed by atoms with Gasteiger partial charge in [-0.05, 0) is 54.6 Å². The summed E-state index contributed by atoms with van der Waals surface area (Å²) in [6.07, 6.45) is 0. The summed E-state index contributed by atoms with van der Waals surface area (Å²) in [7, 11) is 0. The van der Waals surface area contributed by atoms with Gasteiger partial charge in [0.05, 0.1) is 21.3 Å². The highest BCUT2D eigenvalue weighted by Gasteiger charge is 2.14. The van der Waals surface area contributed by atoms with E-state index in [-0.39, 0.29) is 5.75 Å². The van der Waals surface area contributed by atoms with Gasteiger partial charge in [-0.3, -0.25) is 0 Å². The van der Waals surface area contributed by atoms with Gasteiger partial charge in [-0.1, -0.05) is 23.7 Å². The molecule has 5 rings (SSSR count). The van der Waals surface area contributed by atoms with Gasteiger partial charge >= 0.3 is 11.6 Å². The number of thiazole rings is 1. The summed E-state index contributed by atoms with van der Waals surface area (Å²) in [5, 5.41) is 1.84. The highest BCUT2D eigenvalue weighted by molar-refractivity contribution is 7.21. The smallest absolute Gasteiger partial charge is 0.346 e. The van der Waals surface area contributed by atoms with E-state index in [1.807, 2.05) is 24.3 Å². The second-order valence-corrected chi connectivity index (χ2v) is 8.00. The zero-order valence-corrected chi connectivity index (χ0v) is 16.9. The monoisotopic (exact) mass is 433 g/mol. The molecule has 2 heterocycles. The first kappa shape index (κ1) is 18.5. The van der Waals surface area contributed by atoms with Crippen molar-refractivity contribution in [3.63, 3.8) is 0 Å². The number of ether oxygens (including phenoxy) is 1. The fourth-order valence-electron chi connectivity index (χ4n) is 3.04. The molecule has 0 aliphatic heterocycles. The standard InChI is InChI=1S/C23H12ClNO4S/c24-15-8-5-13(6-9-15)22(26)28-16-10-7-14-11-17(23(27)29-19(14)12-16)21-25-18-3-1-2-4-20(18)30-21/h1-12H. The van der Waals surface area contributed by atoms with E-state index in [4.69, 9.17) is 20.8 Å². The highest BCUT2D eigenvalue weighted by atomic mass is 35.5. The van der Waals surface area contributed by atoms with Crippen molar-refractivity contribution < 1.29 is 13.9 Å². The van der Waals surface area contributed by atoms with Crippen molar-refractivity contribution in [1.29, 1.82) is 0 Å². The van der Waals surface area contributed by atoms with Crippen LogP contribution in [0.1, 0.15) is 10.4 Å². The summed E-state index contributed by atoms with van der Waals surface area (Å²) >= 11 is 7.27. The van der Waals surface area contributed by atoms with Gasteiger partial charge in [-0.15, -0.1) is 11.3 Å². The Morgan fingerprint density at radius 1 is 1.00 bits per heavy atom. The van der Waals surface area contributed by atoms with Gasteiger partial charge in [-0.2, -0.15) is 0 Å². The Balaban J connectivity index is 1.48. The normalized spacial score (nSPS) is 11.1. The Morgan fingerprint density at radius 2 is 1.80 bits per heavy atom.